The molecule has 3 rings (SSSR count). The monoisotopic (exact) mass is 411 g/mol. The molecule has 2 N–H and O–H groups in total. The largest absolute Gasteiger partial charge is 0.412 e. The van der Waals surface area contributed by atoms with Gasteiger partial charge in [0, 0.05) is 25.2 Å². The van der Waals surface area contributed by atoms with Crippen molar-refractivity contribution in [3.63, 3.8) is 0 Å². The van der Waals surface area contributed by atoms with E-state index in [1.165, 1.54) is 6.07 Å². The van der Waals surface area contributed by atoms with E-state index >= 15 is 0 Å². The number of benzene rings is 1. The van der Waals surface area contributed by atoms with Crippen molar-refractivity contribution in [3.8, 4) is 11.4 Å². The highest BCUT2D eigenvalue weighted by Crippen LogP contribution is 2.15. The van der Waals surface area contributed by atoms with E-state index in [0.29, 0.717) is 36.1 Å². The SMILES string of the molecule is CC(C)CNC(=O)Oc1cccc(Cc2nn(-c3cnn(CCO)c3)ccc2=O)c1. The number of aromatic nitrogens is 4. The molecular weight excluding hydrogens is 386 g/mol. The molecule has 0 aliphatic rings. The maximum absolute atomic E-state index is 12.3. The number of nitrogens with one attached hydrogen (secondary N) is 1. The van der Waals surface area contributed by atoms with Crippen LogP contribution in [0.25, 0.3) is 5.69 Å². The van der Waals surface area contributed by atoms with Crippen molar-refractivity contribution in [1.82, 2.24) is 24.9 Å². The summed E-state index contributed by atoms with van der Waals surface area (Å²) < 4.78 is 8.47. The maximum Gasteiger partial charge on any atom is 0.412 e. The van der Waals surface area contributed by atoms with Crippen molar-refractivity contribution in [2.45, 2.75) is 26.8 Å². The Morgan fingerprint density at radius 3 is 2.90 bits per heavy atom. The van der Waals surface area contributed by atoms with Gasteiger partial charge in [0.15, 0.2) is 0 Å². The molecule has 3 aromatic rings. The number of carbonyl (C=O) groups is 1. The van der Waals surface area contributed by atoms with Gasteiger partial charge in [-0.3, -0.25) is 9.48 Å². The number of ether oxygens (including phenoxy) is 1. The topological polar surface area (TPSA) is 111 Å². The van der Waals surface area contributed by atoms with Gasteiger partial charge < -0.3 is 15.2 Å². The second kappa shape index (κ2) is 9.84. The summed E-state index contributed by atoms with van der Waals surface area (Å²) in [6, 6.07) is 8.46. The molecule has 2 heterocycles. The van der Waals surface area contributed by atoms with E-state index in [-0.39, 0.29) is 18.5 Å². The molecule has 0 unspecified atom stereocenters. The van der Waals surface area contributed by atoms with Gasteiger partial charge in [-0.15, -0.1) is 0 Å². The van der Waals surface area contributed by atoms with Crippen molar-refractivity contribution in [2.75, 3.05) is 13.2 Å². The Kier molecular flexibility index (Phi) is 6.97. The molecule has 2 aromatic heterocycles. The first-order valence-corrected chi connectivity index (χ1v) is 9.72. The molecule has 0 aliphatic carbocycles. The van der Waals surface area contributed by atoms with E-state index in [1.54, 1.807) is 46.2 Å². The lowest BCUT2D eigenvalue weighted by molar-refractivity contribution is 0.199. The van der Waals surface area contributed by atoms with Crippen molar-refractivity contribution >= 4 is 6.09 Å². The van der Waals surface area contributed by atoms with Crippen LogP contribution < -0.4 is 15.5 Å². The van der Waals surface area contributed by atoms with Gasteiger partial charge in [-0.1, -0.05) is 26.0 Å². The summed E-state index contributed by atoms with van der Waals surface area (Å²) in [6.07, 6.45) is 4.70. The number of rotatable bonds is 8. The molecular formula is C21H25N5O4. The number of hydrogen-bond donors (Lipinski definition) is 2. The van der Waals surface area contributed by atoms with Crippen LogP contribution in [0, 0.1) is 5.92 Å². The Hall–Kier alpha value is -3.46. The zero-order chi connectivity index (χ0) is 21.5. The summed E-state index contributed by atoms with van der Waals surface area (Å²) in [5.74, 6) is 0.723. The Labute approximate surface area is 173 Å². The Morgan fingerprint density at radius 1 is 1.30 bits per heavy atom. The van der Waals surface area contributed by atoms with E-state index < -0.39 is 6.09 Å². The molecule has 0 atom stereocenters. The molecule has 0 radical (unpaired) electrons. The van der Waals surface area contributed by atoms with Crippen LogP contribution in [0.3, 0.4) is 0 Å². The highest BCUT2D eigenvalue weighted by Gasteiger charge is 2.10. The normalized spacial score (nSPS) is 10.9. The number of aliphatic hydroxyl groups excluding tert-OH is 1. The lowest BCUT2D eigenvalue weighted by atomic mass is 10.1. The minimum Gasteiger partial charge on any atom is -0.410 e. The van der Waals surface area contributed by atoms with Crippen LogP contribution in [0.5, 0.6) is 5.75 Å². The Balaban J connectivity index is 1.74. The highest BCUT2D eigenvalue weighted by molar-refractivity contribution is 5.70. The summed E-state index contributed by atoms with van der Waals surface area (Å²) in [5.41, 5.74) is 1.65. The zero-order valence-electron chi connectivity index (χ0n) is 17.0. The number of carbonyl (C=O) groups excluding carboxylic acids is 1. The number of amides is 1. The van der Waals surface area contributed by atoms with Crippen molar-refractivity contribution < 1.29 is 14.6 Å². The third-order valence-corrected chi connectivity index (χ3v) is 4.23. The van der Waals surface area contributed by atoms with Gasteiger partial charge in [0.05, 0.1) is 25.5 Å². The zero-order valence-corrected chi connectivity index (χ0v) is 17.0. The summed E-state index contributed by atoms with van der Waals surface area (Å²) in [7, 11) is 0. The first-order chi connectivity index (χ1) is 14.4. The quantitative estimate of drug-likeness (QED) is 0.584. The number of aliphatic hydroxyl groups is 1. The van der Waals surface area contributed by atoms with E-state index in [0.717, 1.165) is 5.56 Å². The molecule has 9 nitrogen and oxygen atoms in total. The van der Waals surface area contributed by atoms with Gasteiger partial charge in [0.2, 0.25) is 5.43 Å². The third-order valence-electron chi connectivity index (χ3n) is 4.23. The molecule has 30 heavy (non-hydrogen) atoms. The molecule has 0 aliphatic heterocycles. The van der Waals surface area contributed by atoms with Crippen LogP contribution in [0.2, 0.25) is 0 Å². The van der Waals surface area contributed by atoms with Crippen LogP contribution in [0.15, 0.2) is 53.7 Å². The number of hydrogen-bond acceptors (Lipinski definition) is 6. The minimum absolute atomic E-state index is 0.0160. The fourth-order valence-electron chi connectivity index (χ4n) is 2.75. The Bertz CT molecular complexity index is 1060. The minimum atomic E-state index is -0.513. The lowest BCUT2D eigenvalue weighted by Crippen LogP contribution is -2.30. The molecule has 158 valence electrons. The van der Waals surface area contributed by atoms with Crippen LogP contribution in [-0.2, 0) is 13.0 Å². The van der Waals surface area contributed by atoms with E-state index in [4.69, 9.17) is 9.84 Å². The van der Waals surface area contributed by atoms with Crippen molar-refractivity contribution in [3.05, 3.63) is 70.4 Å². The smallest absolute Gasteiger partial charge is 0.410 e. The average Bonchev–Trinajstić information content (AvgIpc) is 3.17. The molecule has 9 heteroatoms. The Morgan fingerprint density at radius 2 is 2.13 bits per heavy atom. The second-order valence-electron chi connectivity index (χ2n) is 7.24. The molecule has 0 fully saturated rings. The summed E-state index contributed by atoms with van der Waals surface area (Å²) >= 11 is 0. The third kappa shape index (κ3) is 5.77. The van der Waals surface area contributed by atoms with E-state index in [1.807, 2.05) is 19.9 Å². The van der Waals surface area contributed by atoms with Gasteiger partial charge in [-0.25, -0.2) is 9.48 Å². The van der Waals surface area contributed by atoms with Gasteiger partial charge in [-0.2, -0.15) is 10.2 Å². The van der Waals surface area contributed by atoms with E-state index in [2.05, 4.69) is 15.5 Å². The van der Waals surface area contributed by atoms with Crippen LogP contribution >= 0.6 is 0 Å². The first-order valence-electron chi connectivity index (χ1n) is 9.72. The highest BCUT2D eigenvalue weighted by atomic mass is 16.6. The summed E-state index contributed by atoms with van der Waals surface area (Å²) in [6.45, 7) is 4.89. The lowest BCUT2D eigenvalue weighted by Gasteiger charge is -2.10. The molecule has 0 spiro atoms. The molecule has 0 saturated carbocycles. The second-order valence-corrected chi connectivity index (χ2v) is 7.24. The maximum atomic E-state index is 12.3. The first kappa shape index (κ1) is 21.3. The van der Waals surface area contributed by atoms with Crippen molar-refractivity contribution in [2.24, 2.45) is 5.92 Å². The fraction of sp³-hybridized carbons (Fsp3) is 0.333. The fourth-order valence-corrected chi connectivity index (χ4v) is 2.75. The summed E-state index contributed by atoms with van der Waals surface area (Å²) in [5, 5.41) is 20.3. The molecule has 1 amide bonds. The standard InChI is InChI=1S/C21H25N5O4/c1-15(2)12-22-21(29)30-18-5-3-4-16(10-18)11-19-20(28)6-7-26(24-19)17-13-23-25(14-17)8-9-27/h3-7,10,13-15,27H,8-9,11-12H2,1-2H3,(H,22,29). The predicted octanol–water partition coefficient (Wildman–Crippen LogP) is 1.76. The predicted molar refractivity (Wildman–Crippen MR) is 111 cm³/mol. The molecule has 0 saturated heterocycles. The van der Waals surface area contributed by atoms with Crippen LogP contribution in [0.4, 0.5) is 4.79 Å². The summed E-state index contributed by atoms with van der Waals surface area (Å²) in [4.78, 5) is 24.2. The molecule has 0 bridgehead atoms. The van der Waals surface area contributed by atoms with Gasteiger partial charge in [0.25, 0.3) is 0 Å². The van der Waals surface area contributed by atoms with Crippen LogP contribution in [0.1, 0.15) is 25.1 Å². The number of nitrogens with zero attached hydrogens (tertiary/aromatic N) is 4. The van der Waals surface area contributed by atoms with Gasteiger partial charge >= 0.3 is 6.09 Å². The molecule has 1 aromatic carbocycles. The van der Waals surface area contributed by atoms with E-state index in [9.17, 15) is 9.59 Å². The van der Waals surface area contributed by atoms with Gasteiger partial charge in [0.1, 0.15) is 17.1 Å². The van der Waals surface area contributed by atoms with Crippen molar-refractivity contribution in [1.29, 1.82) is 0 Å². The average molecular weight is 411 g/mol. The van der Waals surface area contributed by atoms with Crippen LogP contribution in [-0.4, -0.2) is 43.9 Å². The van der Waals surface area contributed by atoms with Gasteiger partial charge in [-0.05, 0) is 23.6 Å².